The van der Waals surface area contributed by atoms with Crippen LogP contribution in [-0.4, -0.2) is 53.5 Å². The Labute approximate surface area is 130 Å². The van der Waals surface area contributed by atoms with E-state index in [1.165, 1.54) is 0 Å². The molecule has 21 heavy (non-hydrogen) atoms. The van der Waals surface area contributed by atoms with Gasteiger partial charge < -0.3 is 9.72 Å². The minimum absolute atomic E-state index is 0.0322. The molecule has 0 spiro atoms. The molecule has 0 saturated carbocycles. The van der Waals surface area contributed by atoms with Crippen molar-refractivity contribution in [2.45, 2.75) is 38.3 Å². The Morgan fingerprint density at radius 3 is 2.76 bits per heavy atom. The predicted octanol–water partition coefficient (Wildman–Crippen LogP) is 1.71. The van der Waals surface area contributed by atoms with E-state index in [0.717, 1.165) is 74.3 Å². The van der Waals surface area contributed by atoms with Gasteiger partial charge >= 0.3 is 0 Å². The number of rotatable bonds is 7. The molecule has 1 fully saturated rings. The highest BCUT2D eigenvalue weighted by Crippen LogP contribution is 2.14. The quantitative estimate of drug-likeness (QED) is 0.614. The van der Waals surface area contributed by atoms with Gasteiger partial charge in [0.15, 0.2) is 5.16 Å². The Hall–Kier alpha value is -0.850. The van der Waals surface area contributed by atoms with Gasteiger partial charge in [-0.2, -0.15) is 0 Å². The molecule has 0 atom stereocenters. The Bertz CT molecular complexity index is 498. The summed E-state index contributed by atoms with van der Waals surface area (Å²) in [4.78, 5) is 22.0. The van der Waals surface area contributed by atoms with Gasteiger partial charge in [-0.3, -0.25) is 9.69 Å². The molecular formula is C15H25N3O2S. The van der Waals surface area contributed by atoms with Crippen LogP contribution in [0.15, 0.2) is 9.95 Å². The summed E-state index contributed by atoms with van der Waals surface area (Å²) in [6.45, 7) is 8.79. The van der Waals surface area contributed by atoms with E-state index in [0.29, 0.717) is 0 Å². The van der Waals surface area contributed by atoms with Gasteiger partial charge in [-0.1, -0.05) is 32.0 Å². The first-order chi connectivity index (χ1) is 10.2. The molecule has 5 nitrogen and oxygen atoms in total. The summed E-state index contributed by atoms with van der Waals surface area (Å²) in [7, 11) is 0. The number of nitrogens with zero attached hydrogens (tertiary/aromatic N) is 2. The number of aromatic nitrogens is 2. The highest BCUT2D eigenvalue weighted by Gasteiger charge is 2.12. The van der Waals surface area contributed by atoms with Crippen LogP contribution in [0, 0.1) is 0 Å². The van der Waals surface area contributed by atoms with E-state index in [2.05, 4.69) is 21.8 Å². The van der Waals surface area contributed by atoms with Crippen LogP contribution in [0.2, 0.25) is 0 Å². The van der Waals surface area contributed by atoms with E-state index in [1.54, 1.807) is 11.8 Å². The fourth-order valence-corrected chi connectivity index (χ4v) is 3.38. The summed E-state index contributed by atoms with van der Waals surface area (Å²) in [6, 6.07) is 0. The Morgan fingerprint density at radius 1 is 1.33 bits per heavy atom. The topological polar surface area (TPSA) is 58.2 Å². The van der Waals surface area contributed by atoms with Crippen molar-refractivity contribution >= 4 is 11.8 Å². The average molecular weight is 311 g/mol. The summed E-state index contributed by atoms with van der Waals surface area (Å²) in [5.74, 6) is 0.944. The van der Waals surface area contributed by atoms with Crippen LogP contribution in [0.1, 0.15) is 31.5 Å². The number of nitrogens with one attached hydrogen (secondary N) is 1. The van der Waals surface area contributed by atoms with Gasteiger partial charge in [0.1, 0.15) is 0 Å². The molecule has 0 bridgehead atoms. The van der Waals surface area contributed by atoms with Gasteiger partial charge in [0.2, 0.25) is 0 Å². The second kappa shape index (κ2) is 8.56. The number of aryl methyl sites for hydroxylation is 1. The molecule has 0 aromatic carbocycles. The zero-order valence-corrected chi connectivity index (χ0v) is 13.8. The summed E-state index contributed by atoms with van der Waals surface area (Å²) in [5.41, 5.74) is 1.84. The van der Waals surface area contributed by atoms with E-state index in [9.17, 15) is 4.79 Å². The Balaban J connectivity index is 1.94. The lowest BCUT2D eigenvalue weighted by Crippen LogP contribution is -2.37. The first-order valence-corrected chi connectivity index (χ1v) is 8.78. The largest absolute Gasteiger partial charge is 0.379 e. The molecule has 118 valence electrons. The van der Waals surface area contributed by atoms with Gasteiger partial charge in [0, 0.05) is 31.0 Å². The molecule has 0 aliphatic carbocycles. The molecular weight excluding hydrogens is 286 g/mol. The van der Waals surface area contributed by atoms with Crippen molar-refractivity contribution in [3.05, 3.63) is 21.6 Å². The lowest BCUT2D eigenvalue weighted by molar-refractivity contribution is 0.0410. The highest BCUT2D eigenvalue weighted by molar-refractivity contribution is 7.99. The van der Waals surface area contributed by atoms with Gasteiger partial charge in [-0.25, -0.2) is 4.98 Å². The van der Waals surface area contributed by atoms with Gasteiger partial charge in [0.25, 0.3) is 5.56 Å². The zero-order chi connectivity index (χ0) is 15.1. The van der Waals surface area contributed by atoms with Crippen LogP contribution in [0.25, 0.3) is 0 Å². The lowest BCUT2D eigenvalue weighted by Gasteiger charge is -2.26. The molecule has 2 rings (SSSR count). The summed E-state index contributed by atoms with van der Waals surface area (Å²) < 4.78 is 5.34. The molecule has 1 aliphatic heterocycles. The van der Waals surface area contributed by atoms with Gasteiger partial charge in [-0.05, 0) is 12.8 Å². The number of ether oxygens (including phenoxy) is 1. The second-order valence-corrected chi connectivity index (χ2v) is 6.29. The van der Waals surface area contributed by atoms with Crippen molar-refractivity contribution < 1.29 is 4.74 Å². The van der Waals surface area contributed by atoms with Crippen LogP contribution < -0.4 is 5.56 Å². The van der Waals surface area contributed by atoms with Crippen molar-refractivity contribution in [1.82, 2.24) is 14.9 Å². The number of aromatic amines is 1. The van der Waals surface area contributed by atoms with Gasteiger partial charge in [-0.15, -0.1) is 0 Å². The van der Waals surface area contributed by atoms with Crippen LogP contribution in [-0.2, 0) is 17.6 Å². The van der Waals surface area contributed by atoms with E-state index in [1.807, 2.05) is 6.92 Å². The maximum atomic E-state index is 12.1. The predicted molar refractivity (Wildman–Crippen MR) is 86.2 cm³/mol. The van der Waals surface area contributed by atoms with Crippen molar-refractivity contribution in [3.8, 4) is 0 Å². The normalized spacial score (nSPS) is 16.3. The molecule has 1 saturated heterocycles. The number of H-pyrrole nitrogens is 1. The molecule has 1 aliphatic rings. The maximum Gasteiger partial charge on any atom is 0.254 e. The summed E-state index contributed by atoms with van der Waals surface area (Å²) in [5, 5.41) is 0.758. The van der Waals surface area contributed by atoms with Crippen molar-refractivity contribution in [2.24, 2.45) is 0 Å². The van der Waals surface area contributed by atoms with Crippen molar-refractivity contribution in [1.29, 1.82) is 0 Å². The first-order valence-electron chi connectivity index (χ1n) is 7.79. The van der Waals surface area contributed by atoms with Crippen LogP contribution >= 0.6 is 11.8 Å². The molecule has 0 amide bonds. The van der Waals surface area contributed by atoms with Gasteiger partial charge in [0.05, 0.1) is 18.9 Å². The highest BCUT2D eigenvalue weighted by atomic mass is 32.2. The first kappa shape index (κ1) is 16.5. The number of hydrogen-bond acceptors (Lipinski definition) is 5. The monoisotopic (exact) mass is 311 g/mol. The maximum absolute atomic E-state index is 12.1. The number of hydrogen-bond donors (Lipinski definition) is 1. The third-order valence-corrected chi connectivity index (χ3v) is 4.52. The molecule has 6 heteroatoms. The van der Waals surface area contributed by atoms with Crippen molar-refractivity contribution in [3.63, 3.8) is 0 Å². The SMILES string of the molecule is CCCc1nc(SCCN2CCOCC2)[nH]c(=O)c1CC. The Kier molecular flexibility index (Phi) is 6.73. The molecule has 0 radical (unpaired) electrons. The average Bonchev–Trinajstić information content (AvgIpc) is 2.48. The fraction of sp³-hybridized carbons (Fsp3) is 0.733. The summed E-state index contributed by atoms with van der Waals surface area (Å²) >= 11 is 1.64. The smallest absolute Gasteiger partial charge is 0.254 e. The minimum atomic E-state index is 0.0322. The zero-order valence-electron chi connectivity index (χ0n) is 13.0. The molecule has 0 unspecified atom stereocenters. The minimum Gasteiger partial charge on any atom is -0.379 e. The fourth-order valence-electron chi connectivity index (χ4n) is 2.49. The molecule has 1 aromatic rings. The van der Waals surface area contributed by atoms with Crippen LogP contribution in [0.3, 0.4) is 0 Å². The van der Waals surface area contributed by atoms with E-state index in [4.69, 9.17) is 4.74 Å². The lowest BCUT2D eigenvalue weighted by atomic mass is 10.1. The molecule has 1 aromatic heterocycles. The van der Waals surface area contributed by atoms with Crippen molar-refractivity contribution in [2.75, 3.05) is 38.6 Å². The van der Waals surface area contributed by atoms with Crippen LogP contribution in [0.4, 0.5) is 0 Å². The number of morpholine rings is 1. The van der Waals surface area contributed by atoms with E-state index in [-0.39, 0.29) is 5.56 Å². The standard InChI is InChI=1S/C15H25N3O2S/c1-3-5-13-12(4-2)14(19)17-15(16-13)21-11-8-18-6-9-20-10-7-18/h3-11H2,1-2H3,(H,16,17,19). The van der Waals surface area contributed by atoms with E-state index >= 15 is 0 Å². The number of thioether (sulfide) groups is 1. The molecule has 2 heterocycles. The van der Waals surface area contributed by atoms with E-state index < -0.39 is 0 Å². The third kappa shape index (κ3) is 4.83. The molecule has 1 N–H and O–H groups in total. The Morgan fingerprint density at radius 2 is 2.10 bits per heavy atom. The third-order valence-electron chi connectivity index (χ3n) is 3.67. The van der Waals surface area contributed by atoms with Crippen LogP contribution in [0.5, 0.6) is 0 Å². The second-order valence-electron chi connectivity index (χ2n) is 5.20. The summed E-state index contributed by atoms with van der Waals surface area (Å²) in [6.07, 6.45) is 2.64.